The van der Waals surface area contributed by atoms with E-state index < -0.39 is 0 Å². The van der Waals surface area contributed by atoms with Crippen molar-refractivity contribution in [3.05, 3.63) is 43.8 Å². The van der Waals surface area contributed by atoms with Gasteiger partial charge in [-0.2, -0.15) is 0 Å². The minimum absolute atomic E-state index is 0.246. The van der Waals surface area contributed by atoms with Crippen LogP contribution in [0.4, 0.5) is 0 Å². The molecule has 3 heterocycles. The van der Waals surface area contributed by atoms with Crippen molar-refractivity contribution >= 4 is 28.6 Å². The molecule has 0 bridgehead atoms. The lowest BCUT2D eigenvalue weighted by atomic mass is 10.2. The standard InChI is InChI=1S/C17H20N2OS2/c20-17(16-11-13-3-1-5-15(13)22-16)19-8-6-18(7-9-19)12-14-4-2-10-21-14/h2,4,10-11H,1,3,5-9,12H2. The van der Waals surface area contributed by atoms with Crippen LogP contribution in [0.3, 0.4) is 0 Å². The van der Waals surface area contributed by atoms with Gasteiger partial charge in [0.1, 0.15) is 0 Å². The Kier molecular flexibility index (Phi) is 4.03. The molecule has 4 rings (SSSR count). The Balaban J connectivity index is 1.35. The van der Waals surface area contributed by atoms with Crippen LogP contribution in [0.5, 0.6) is 0 Å². The predicted octanol–water partition coefficient (Wildman–Crippen LogP) is 3.26. The smallest absolute Gasteiger partial charge is 0.264 e. The minimum Gasteiger partial charge on any atom is -0.335 e. The fourth-order valence-electron chi connectivity index (χ4n) is 3.32. The van der Waals surface area contributed by atoms with E-state index in [1.165, 1.54) is 28.2 Å². The van der Waals surface area contributed by atoms with Crippen molar-refractivity contribution in [3.63, 3.8) is 0 Å². The first kappa shape index (κ1) is 14.4. The minimum atomic E-state index is 0.246. The maximum atomic E-state index is 12.6. The van der Waals surface area contributed by atoms with Gasteiger partial charge in [0.25, 0.3) is 5.91 Å². The first-order valence-corrected chi connectivity index (χ1v) is 9.65. The summed E-state index contributed by atoms with van der Waals surface area (Å²) >= 11 is 3.54. The molecule has 22 heavy (non-hydrogen) atoms. The molecule has 0 atom stereocenters. The first-order valence-electron chi connectivity index (χ1n) is 7.95. The summed E-state index contributed by atoms with van der Waals surface area (Å²) in [6, 6.07) is 6.44. The van der Waals surface area contributed by atoms with Crippen molar-refractivity contribution in [1.82, 2.24) is 9.80 Å². The van der Waals surface area contributed by atoms with Gasteiger partial charge >= 0.3 is 0 Å². The van der Waals surface area contributed by atoms with Crippen LogP contribution in [0.1, 0.15) is 31.4 Å². The lowest BCUT2D eigenvalue weighted by molar-refractivity contribution is 0.0634. The van der Waals surface area contributed by atoms with Crippen LogP contribution in [-0.2, 0) is 19.4 Å². The highest BCUT2D eigenvalue weighted by Gasteiger charge is 2.25. The van der Waals surface area contributed by atoms with E-state index in [2.05, 4.69) is 28.5 Å². The molecule has 0 unspecified atom stereocenters. The Bertz CT molecular complexity index is 633. The van der Waals surface area contributed by atoms with E-state index in [1.807, 2.05) is 16.2 Å². The number of hydrogen-bond acceptors (Lipinski definition) is 4. The van der Waals surface area contributed by atoms with E-state index >= 15 is 0 Å². The number of aryl methyl sites for hydroxylation is 2. The van der Waals surface area contributed by atoms with Gasteiger partial charge in [-0.25, -0.2) is 0 Å². The highest BCUT2D eigenvalue weighted by molar-refractivity contribution is 7.14. The predicted molar refractivity (Wildman–Crippen MR) is 91.8 cm³/mol. The maximum Gasteiger partial charge on any atom is 0.264 e. The van der Waals surface area contributed by atoms with E-state index in [4.69, 9.17) is 0 Å². The largest absolute Gasteiger partial charge is 0.335 e. The summed E-state index contributed by atoms with van der Waals surface area (Å²) in [6.07, 6.45) is 3.59. The highest BCUT2D eigenvalue weighted by Crippen LogP contribution is 2.31. The van der Waals surface area contributed by atoms with Crippen LogP contribution in [0.15, 0.2) is 23.6 Å². The highest BCUT2D eigenvalue weighted by atomic mass is 32.1. The molecule has 1 aliphatic carbocycles. The SMILES string of the molecule is O=C(c1cc2c(s1)CCC2)N1CCN(Cc2cccs2)CC1. The van der Waals surface area contributed by atoms with Crippen LogP contribution < -0.4 is 0 Å². The van der Waals surface area contributed by atoms with Crippen molar-refractivity contribution in [2.24, 2.45) is 0 Å². The molecule has 1 aliphatic heterocycles. The Morgan fingerprint density at radius 1 is 1.18 bits per heavy atom. The van der Waals surface area contributed by atoms with Crippen molar-refractivity contribution in [1.29, 1.82) is 0 Å². The molecule has 3 nitrogen and oxygen atoms in total. The molecular weight excluding hydrogens is 312 g/mol. The molecule has 0 saturated carbocycles. The molecule has 116 valence electrons. The molecule has 2 aromatic heterocycles. The van der Waals surface area contributed by atoms with Gasteiger partial charge in [-0.3, -0.25) is 9.69 Å². The summed E-state index contributed by atoms with van der Waals surface area (Å²) in [5.74, 6) is 0.246. The Morgan fingerprint density at radius 3 is 2.77 bits per heavy atom. The van der Waals surface area contributed by atoms with Crippen molar-refractivity contribution in [2.45, 2.75) is 25.8 Å². The molecule has 0 radical (unpaired) electrons. The summed E-state index contributed by atoms with van der Waals surface area (Å²) in [5, 5.41) is 2.13. The molecule has 0 spiro atoms. The molecule has 0 N–H and O–H groups in total. The molecule has 1 amide bonds. The Hall–Kier alpha value is -1.17. The number of piperazine rings is 1. The van der Waals surface area contributed by atoms with E-state index in [0.29, 0.717) is 0 Å². The molecule has 2 aromatic rings. The van der Waals surface area contributed by atoms with Gasteiger partial charge in [-0.05, 0) is 42.3 Å². The van der Waals surface area contributed by atoms with Crippen LogP contribution in [0.2, 0.25) is 0 Å². The lowest BCUT2D eigenvalue weighted by Crippen LogP contribution is -2.48. The average molecular weight is 332 g/mol. The summed E-state index contributed by atoms with van der Waals surface area (Å²) in [5.41, 5.74) is 1.42. The second-order valence-corrected chi connectivity index (χ2v) is 8.23. The number of carbonyl (C=O) groups excluding carboxylic acids is 1. The first-order chi connectivity index (χ1) is 10.8. The fraction of sp³-hybridized carbons (Fsp3) is 0.471. The van der Waals surface area contributed by atoms with Gasteiger partial charge in [-0.1, -0.05) is 6.07 Å². The number of rotatable bonds is 3. The third-order valence-electron chi connectivity index (χ3n) is 4.58. The molecule has 2 aliphatic rings. The van der Waals surface area contributed by atoms with Crippen LogP contribution in [-0.4, -0.2) is 41.9 Å². The quantitative estimate of drug-likeness (QED) is 0.861. The zero-order valence-corrected chi connectivity index (χ0v) is 14.2. The van der Waals surface area contributed by atoms with Crippen molar-refractivity contribution in [2.75, 3.05) is 26.2 Å². The maximum absolute atomic E-state index is 12.6. The second-order valence-electron chi connectivity index (χ2n) is 6.06. The number of hydrogen-bond donors (Lipinski definition) is 0. The zero-order valence-electron chi connectivity index (χ0n) is 12.6. The van der Waals surface area contributed by atoms with Crippen molar-refractivity contribution < 1.29 is 4.79 Å². The van der Waals surface area contributed by atoms with E-state index in [1.54, 1.807) is 11.3 Å². The third-order valence-corrected chi connectivity index (χ3v) is 6.66. The Labute approximate surface area is 139 Å². The number of amides is 1. The number of thiophene rings is 2. The molecule has 0 aromatic carbocycles. The van der Waals surface area contributed by atoms with Gasteiger partial charge < -0.3 is 4.90 Å². The van der Waals surface area contributed by atoms with Gasteiger partial charge in [-0.15, -0.1) is 22.7 Å². The van der Waals surface area contributed by atoms with Crippen molar-refractivity contribution in [3.8, 4) is 0 Å². The van der Waals surface area contributed by atoms with Crippen LogP contribution in [0, 0.1) is 0 Å². The topological polar surface area (TPSA) is 23.6 Å². The fourth-order valence-corrected chi connectivity index (χ4v) is 5.29. The zero-order chi connectivity index (χ0) is 14.9. The number of fused-ring (bicyclic) bond motifs is 1. The van der Waals surface area contributed by atoms with Gasteiger partial charge in [0, 0.05) is 42.5 Å². The lowest BCUT2D eigenvalue weighted by Gasteiger charge is -2.34. The third kappa shape index (κ3) is 2.85. The molecular formula is C17H20N2OS2. The normalized spacial score (nSPS) is 18.6. The van der Waals surface area contributed by atoms with Gasteiger partial charge in [0.05, 0.1) is 4.88 Å². The van der Waals surface area contributed by atoms with Gasteiger partial charge in [0.15, 0.2) is 0 Å². The monoisotopic (exact) mass is 332 g/mol. The summed E-state index contributed by atoms with van der Waals surface area (Å²) < 4.78 is 0. The Morgan fingerprint density at radius 2 is 2.05 bits per heavy atom. The summed E-state index contributed by atoms with van der Waals surface area (Å²) in [6.45, 7) is 4.69. The van der Waals surface area contributed by atoms with Crippen LogP contribution >= 0.6 is 22.7 Å². The van der Waals surface area contributed by atoms with E-state index in [9.17, 15) is 4.79 Å². The molecule has 1 saturated heterocycles. The van der Waals surface area contributed by atoms with E-state index in [-0.39, 0.29) is 5.91 Å². The second kappa shape index (κ2) is 6.14. The molecule has 1 fully saturated rings. The van der Waals surface area contributed by atoms with Gasteiger partial charge in [0.2, 0.25) is 0 Å². The average Bonchev–Trinajstić information content (AvgIpc) is 3.24. The van der Waals surface area contributed by atoms with E-state index in [0.717, 1.165) is 44.0 Å². The number of nitrogens with zero attached hydrogens (tertiary/aromatic N) is 2. The summed E-state index contributed by atoms with van der Waals surface area (Å²) in [7, 11) is 0. The number of carbonyl (C=O) groups is 1. The molecule has 5 heteroatoms. The summed E-state index contributed by atoms with van der Waals surface area (Å²) in [4.78, 5) is 20.9. The van der Waals surface area contributed by atoms with Crippen LogP contribution in [0.25, 0.3) is 0 Å².